The highest BCUT2D eigenvalue weighted by Gasteiger charge is 2.38. The van der Waals surface area contributed by atoms with Crippen molar-refractivity contribution in [1.29, 1.82) is 0 Å². The molecule has 3 unspecified atom stereocenters. The zero-order valence-corrected chi connectivity index (χ0v) is 15.9. The molecule has 0 bridgehead atoms. The molecule has 0 amide bonds. The largest absolute Gasteiger partial charge is 0.324 e. The van der Waals surface area contributed by atoms with Crippen LogP contribution in [0.5, 0.6) is 0 Å². The monoisotopic (exact) mass is 359 g/mol. The van der Waals surface area contributed by atoms with Gasteiger partial charge < -0.3 is 5.73 Å². The number of nitrogens with two attached hydrogens (primary N) is 1. The van der Waals surface area contributed by atoms with Gasteiger partial charge in [-0.1, -0.05) is 97.4 Å². The smallest absolute Gasteiger partial charge is 0.0329 e. The molecule has 26 heavy (non-hydrogen) atoms. The molecule has 3 aromatic carbocycles. The van der Waals surface area contributed by atoms with E-state index < -0.39 is 7.92 Å². The molecular formula is C24H26NP. The van der Waals surface area contributed by atoms with Crippen molar-refractivity contribution in [3.63, 3.8) is 0 Å². The van der Waals surface area contributed by atoms with Gasteiger partial charge in [-0.2, -0.15) is 0 Å². The SMILES string of the molecule is NC(c1ccccc1)C1CCCC1P(c1ccccc1)c1ccccc1. The Hall–Kier alpha value is -1.95. The van der Waals surface area contributed by atoms with Crippen molar-refractivity contribution < 1.29 is 0 Å². The highest BCUT2D eigenvalue weighted by Crippen LogP contribution is 2.52. The lowest BCUT2D eigenvalue weighted by Crippen LogP contribution is -2.31. The van der Waals surface area contributed by atoms with Gasteiger partial charge in [0.1, 0.15) is 0 Å². The van der Waals surface area contributed by atoms with E-state index in [-0.39, 0.29) is 6.04 Å². The summed E-state index contributed by atoms with van der Waals surface area (Å²) in [6.45, 7) is 0. The van der Waals surface area contributed by atoms with Crippen LogP contribution in [0.3, 0.4) is 0 Å². The van der Waals surface area contributed by atoms with Crippen molar-refractivity contribution in [3.8, 4) is 0 Å². The highest BCUT2D eigenvalue weighted by molar-refractivity contribution is 7.73. The minimum Gasteiger partial charge on any atom is -0.324 e. The molecule has 0 aliphatic heterocycles. The Bertz CT molecular complexity index is 764. The molecule has 0 radical (unpaired) electrons. The Kier molecular flexibility index (Phi) is 5.48. The van der Waals surface area contributed by atoms with Crippen molar-refractivity contribution in [1.82, 2.24) is 0 Å². The van der Waals surface area contributed by atoms with Crippen LogP contribution in [-0.2, 0) is 0 Å². The molecule has 0 saturated heterocycles. The van der Waals surface area contributed by atoms with Crippen LogP contribution >= 0.6 is 7.92 Å². The molecule has 0 spiro atoms. The van der Waals surface area contributed by atoms with Crippen LogP contribution in [-0.4, -0.2) is 5.66 Å². The molecule has 132 valence electrons. The summed E-state index contributed by atoms with van der Waals surface area (Å²) < 4.78 is 0. The third-order valence-corrected chi connectivity index (χ3v) is 8.59. The van der Waals surface area contributed by atoms with Crippen LogP contribution in [0.2, 0.25) is 0 Å². The second-order valence-corrected chi connectivity index (χ2v) is 9.58. The fraction of sp³-hybridized carbons (Fsp3) is 0.250. The van der Waals surface area contributed by atoms with Crippen molar-refractivity contribution >= 4 is 18.5 Å². The van der Waals surface area contributed by atoms with Crippen molar-refractivity contribution in [2.24, 2.45) is 11.7 Å². The van der Waals surface area contributed by atoms with Gasteiger partial charge in [-0.05, 0) is 48.5 Å². The van der Waals surface area contributed by atoms with E-state index >= 15 is 0 Å². The lowest BCUT2D eigenvalue weighted by atomic mass is 9.92. The molecule has 4 rings (SSSR count). The minimum atomic E-state index is -0.394. The fourth-order valence-electron chi connectivity index (χ4n) is 4.34. The maximum atomic E-state index is 6.80. The average molecular weight is 359 g/mol. The fourth-order valence-corrected chi connectivity index (χ4v) is 7.55. The maximum absolute atomic E-state index is 6.80. The zero-order valence-electron chi connectivity index (χ0n) is 15.0. The van der Waals surface area contributed by atoms with Gasteiger partial charge in [-0.15, -0.1) is 0 Å². The number of rotatable bonds is 5. The molecule has 2 N–H and O–H groups in total. The Labute approximate surface area is 158 Å². The van der Waals surface area contributed by atoms with E-state index in [4.69, 9.17) is 5.73 Å². The lowest BCUT2D eigenvalue weighted by Gasteiger charge is -2.33. The molecule has 1 fully saturated rings. The molecule has 0 aromatic heterocycles. The highest BCUT2D eigenvalue weighted by atomic mass is 31.1. The van der Waals surface area contributed by atoms with Crippen LogP contribution in [0.1, 0.15) is 30.9 Å². The summed E-state index contributed by atoms with van der Waals surface area (Å²) in [5.41, 5.74) is 8.72. The molecule has 1 saturated carbocycles. The van der Waals surface area contributed by atoms with Crippen molar-refractivity contribution in [3.05, 3.63) is 96.6 Å². The van der Waals surface area contributed by atoms with E-state index in [1.54, 1.807) is 0 Å². The van der Waals surface area contributed by atoms with E-state index in [1.807, 2.05) is 0 Å². The first-order chi connectivity index (χ1) is 12.8. The second-order valence-electron chi connectivity index (χ2n) is 7.14. The Morgan fingerprint density at radius 1 is 0.692 bits per heavy atom. The van der Waals surface area contributed by atoms with Crippen LogP contribution in [0.25, 0.3) is 0 Å². The molecule has 3 atom stereocenters. The van der Waals surface area contributed by atoms with Crippen LogP contribution < -0.4 is 16.3 Å². The first-order valence-corrected chi connectivity index (χ1v) is 11.0. The van der Waals surface area contributed by atoms with Crippen LogP contribution in [0.4, 0.5) is 0 Å². The first kappa shape index (κ1) is 17.5. The predicted octanol–water partition coefficient (Wildman–Crippen LogP) is 4.99. The van der Waals surface area contributed by atoms with Crippen molar-refractivity contribution in [2.45, 2.75) is 31.0 Å². The molecule has 0 heterocycles. The second kappa shape index (κ2) is 8.16. The van der Waals surface area contributed by atoms with Gasteiger partial charge in [0.2, 0.25) is 0 Å². The summed E-state index contributed by atoms with van der Waals surface area (Å²) in [6.07, 6.45) is 3.80. The summed E-state index contributed by atoms with van der Waals surface area (Å²) in [6, 6.07) is 33.0. The maximum Gasteiger partial charge on any atom is 0.0329 e. The molecule has 1 aliphatic carbocycles. The van der Waals surface area contributed by atoms with Crippen molar-refractivity contribution in [2.75, 3.05) is 0 Å². The Balaban J connectivity index is 1.71. The molecular weight excluding hydrogens is 333 g/mol. The van der Waals surface area contributed by atoms with Gasteiger partial charge in [0, 0.05) is 6.04 Å². The van der Waals surface area contributed by atoms with E-state index in [9.17, 15) is 0 Å². The number of benzene rings is 3. The lowest BCUT2D eigenvalue weighted by molar-refractivity contribution is 0.451. The zero-order chi connectivity index (χ0) is 17.8. The molecule has 2 heteroatoms. The summed E-state index contributed by atoms with van der Waals surface area (Å²) >= 11 is 0. The first-order valence-electron chi connectivity index (χ1n) is 9.54. The van der Waals surface area contributed by atoms with Gasteiger partial charge in [-0.25, -0.2) is 0 Å². The summed E-state index contributed by atoms with van der Waals surface area (Å²) in [7, 11) is -0.394. The minimum absolute atomic E-state index is 0.126. The van der Waals surface area contributed by atoms with Gasteiger partial charge >= 0.3 is 0 Å². The van der Waals surface area contributed by atoms with Crippen LogP contribution in [0, 0.1) is 5.92 Å². The summed E-state index contributed by atoms with van der Waals surface area (Å²) in [4.78, 5) is 0. The topological polar surface area (TPSA) is 26.0 Å². The van der Waals surface area contributed by atoms with Gasteiger partial charge in [-0.3, -0.25) is 0 Å². The predicted molar refractivity (Wildman–Crippen MR) is 114 cm³/mol. The third kappa shape index (κ3) is 3.61. The quantitative estimate of drug-likeness (QED) is 0.638. The van der Waals surface area contributed by atoms with E-state index in [0.29, 0.717) is 11.6 Å². The van der Waals surface area contributed by atoms with Crippen LogP contribution in [0.15, 0.2) is 91.0 Å². The Morgan fingerprint density at radius 3 is 1.73 bits per heavy atom. The van der Waals surface area contributed by atoms with E-state index in [0.717, 1.165) is 0 Å². The molecule has 1 nitrogen and oxygen atoms in total. The molecule has 3 aromatic rings. The van der Waals surface area contributed by atoms with E-state index in [2.05, 4.69) is 91.0 Å². The van der Waals surface area contributed by atoms with E-state index in [1.165, 1.54) is 35.4 Å². The Morgan fingerprint density at radius 2 is 1.19 bits per heavy atom. The van der Waals surface area contributed by atoms with Gasteiger partial charge in [0.15, 0.2) is 0 Å². The number of hydrogen-bond donors (Lipinski definition) is 1. The summed E-state index contributed by atoms with van der Waals surface area (Å²) in [5, 5.41) is 2.96. The average Bonchev–Trinajstić information content (AvgIpc) is 3.19. The molecule has 1 aliphatic rings. The number of hydrogen-bond acceptors (Lipinski definition) is 1. The normalized spacial score (nSPS) is 21.0. The standard InChI is InChI=1S/C24H26NP/c25-24(19-11-4-1-5-12-19)22-17-10-18-23(22)26(20-13-6-2-7-14-20)21-15-8-3-9-16-21/h1-9,11-16,22-24H,10,17-18,25H2. The van der Waals surface area contributed by atoms with Gasteiger partial charge in [0.05, 0.1) is 0 Å². The summed E-state index contributed by atoms with van der Waals surface area (Å²) in [5.74, 6) is 0.545. The third-order valence-electron chi connectivity index (χ3n) is 5.58. The van der Waals surface area contributed by atoms with Gasteiger partial charge in [0.25, 0.3) is 0 Å².